The molecule has 0 radical (unpaired) electrons. The molecule has 144 valence electrons. The Hall–Kier alpha value is -0.810. The van der Waals surface area contributed by atoms with E-state index in [0.717, 1.165) is 32.5 Å². The fraction of sp³-hybridized carbons (Fsp3) is 0.632. The van der Waals surface area contributed by atoms with E-state index in [2.05, 4.69) is 47.5 Å². The summed E-state index contributed by atoms with van der Waals surface area (Å²) in [6.07, 6.45) is 2.12. The van der Waals surface area contributed by atoms with Crippen LogP contribution in [0.4, 0.5) is 0 Å². The number of likely N-dealkylation sites (tertiary alicyclic amines) is 1. The lowest BCUT2D eigenvalue weighted by atomic mass is 9.95. The zero-order valence-electron chi connectivity index (χ0n) is 15.8. The van der Waals surface area contributed by atoms with Crippen molar-refractivity contribution >= 4 is 30.7 Å². The first-order valence-electron chi connectivity index (χ1n) is 8.72. The summed E-state index contributed by atoms with van der Waals surface area (Å²) >= 11 is 0. The fourth-order valence-electron chi connectivity index (χ4n) is 3.52. The minimum absolute atomic E-state index is 0. The average Bonchev–Trinajstić information content (AvgIpc) is 2.56. The third-order valence-corrected chi connectivity index (χ3v) is 5.04. The molecule has 1 aliphatic heterocycles. The van der Waals surface area contributed by atoms with Gasteiger partial charge in [0.2, 0.25) is 5.91 Å². The molecular weight excluding hydrogens is 357 g/mol. The van der Waals surface area contributed by atoms with E-state index in [-0.39, 0.29) is 36.6 Å². The monoisotopic (exact) mass is 389 g/mol. The lowest BCUT2D eigenvalue weighted by Crippen LogP contribution is -2.50. The van der Waals surface area contributed by atoms with Crippen molar-refractivity contribution in [2.75, 3.05) is 27.2 Å². The lowest BCUT2D eigenvalue weighted by molar-refractivity contribution is -0.136. The number of benzene rings is 1. The molecule has 2 rings (SSSR count). The van der Waals surface area contributed by atoms with Gasteiger partial charge in [-0.1, -0.05) is 37.3 Å². The summed E-state index contributed by atoms with van der Waals surface area (Å²) in [5.41, 5.74) is 1.37. The third kappa shape index (κ3) is 6.78. The second-order valence-electron chi connectivity index (χ2n) is 6.89. The van der Waals surface area contributed by atoms with E-state index in [0.29, 0.717) is 12.1 Å². The van der Waals surface area contributed by atoms with E-state index in [4.69, 9.17) is 0 Å². The van der Waals surface area contributed by atoms with Crippen molar-refractivity contribution in [2.24, 2.45) is 5.92 Å². The van der Waals surface area contributed by atoms with E-state index in [1.54, 1.807) is 0 Å². The molecule has 1 fully saturated rings. The largest absolute Gasteiger partial charge is 0.342 e. The molecule has 3 unspecified atom stereocenters. The van der Waals surface area contributed by atoms with Gasteiger partial charge in [-0.15, -0.1) is 24.8 Å². The molecule has 25 heavy (non-hydrogen) atoms. The molecule has 1 amide bonds. The second kappa shape index (κ2) is 11.7. The molecule has 1 N–H and O–H groups in total. The minimum atomic E-state index is 0. The van der Waals surface area contributed by atoms with Crippen LogP contribution in [0.2, 0.25) is 0 Å². The Morgan fingerprint density at radius 2 is 1.96 bits per heavy atom. The first-order valence-corrected chi connectivity index (χ1v) is 8.72. The predicted octanol–water partition coefficient (Wildman–Crippen LogP) is 3.20. The summed E-state index contributed by atoms with van der Waals surface area (Å²) in [6.45, 7) is 7.08. The van der Waals surface area contributed by atoms with Crippen molar-refractivity contribution in [3.05, 3.63) is 35.9 Å². The number of rotatable bonds is 6. The van der Waals surface area contributed by atoms with Crippen LogP contribution in [0.25, 0.3) is 0 Å². The molecule has 6 heteroatoms. The normalized spacial score (nSPS) is 21.6. The number of carbonyl (C=O) groups is 1. The molecule has 1 aliphatic rings. The molecule has 0 spiro atoms. The molecule has 1 aromatic rings. The van der Waals surface area contributed by atoms with Crippen molar-refractivity contribution < 1.29 is 4.79 Å². The van der Waals surface area contributed by atoms with Crippen molar-refractivity contribution in [2.45, 2.75) is 45.3 Å². The smallest absolute Gasteiger partial charge is 0.226 e. The van der Waals surface area contributed by atoms with Crippen LogP contribution < -0.4 is 5.32 Å². The van der Waals surface area contributed by atoms with Crippen LogP contribution >= 0.6 is 24.8 Å². The maximum atomic E-state index is 12.5. The maximum Gasteiger partial charge on any atom is 0.226 e. The van der Waals surface area contributed by atoms with Crippen molar-refractivity contribution in [3.8, 4) is 0 Å². The van der Waals surface area contributed by atoms with Gasteiger partial charge in [0.05, 0.1) is 0 Å². The van der Waals surface area contributed by atoms with Crippen LogP contribution in [0, 0.1) is 5.92 Å². The van der Waals surface area contributed by atoms with Crippen LogP contribution in [0.15, 0.2) is 30.3 Å². The van der Waals surface area contributed by atoms with Gasteiger partial charge in [0.15, 0.2) is 0 Å². The third-order valence-electron chi connectivity index (χ3n) is 5.04. The number of nitrogens with one attached hydrogen (secondary N) is 1. The van der Waals surface area contributed by atoms with E-state index in [9.17, 15) is 4.79 Å². The highest BCUT2D eigenvalue weighted by molar-refractivity contribution is 5.85. The highest BCUT2D eigenvalue weighted by atomic mass is 35.5. The van der Waals surface area contributed by atoms with Crippen molar-refractivity contribution in [3.63, 3.8) is 0 Å². The molecule has 0 aliphatic carbocycles. The van der Waals surface area contributed by atoms with Gasteiger partial charge in [0.1, 0.15) is 0 Å². The van der Waals surface area contributed by atoms with E-state index in [1.165, 1.54) is 5.56 Å². The first kappa shape index (κ1) is 24.2. The molecule has 0 aromatic heterocycles. The van der Waals surface area contributed by atoms with Gasteiger partial charge in [0, 0.05) is 44.7 Å². The standard InChI is InChI=1S/C19H31N3O.2ClH/c1-15(13-20-3)19(23)21(4)18-10-11-22(16(2)12-18)14-17-8-6-5-7-9-17;;/h5-9,15-16,18,20H,10-14H2,1-4H3;2*1H. The molecule has 1 saturated heterocycles. The SMILES string of the molecule is CNCC(C)C(=O)N(C)C1CCN(Cc2ccccc2)C(C)C1.Cl.Cl. The molecular formula is C19H33Cl2N3O. The minimum Gasteiger partial charge on any atom is -0.342 e. The highest BCUT2D eigenvalue weighted by Gasteiger charge is 2.31. The van der Waals surface area contributed by atoms with E-state index >= 15 is 0 Å². The number of piperidine rings is 1. The maximum absolute atomic E-state index is 12.5. The van der Waals surface area contributed by atoms with Gasteiger partial charge in [0.25, 0.3) is 0 Å². The number of nitrogens with zero attached hydrogens (tertiary/aromatic N) is 2. The van der Waals surface area contributed by atoms with Gasteiger partial charge in [-0.25, -0.2) is 0 Å². The molecule has 1 heterocycles. The number of halogens is 2. The van der Waals surface area contributed by atoms with E-state index in [1.807, 2.05) is 25.9 Å². The quantitative estimate of drug-likeness (QED) is 0.810. The van der Waals surface area contributed by atoms with Crippen molar-refractivity contribution in [1.29, 1.82) is 0 Å². The fourth-order valence-corrected chi connectivity index (χ4v) is 3.52. The molecule has 3 atom stereocenters. The van der Waals surface area contributed by atoms with Crippen LogP contribution in [0.5, 0.6) is 0 Å². The van der Waals surface area contributed by atoms with E-state index < -0.39 is 0 Å². The van der Waals surface area contributed by atoms with Gasteiger partial charge in [-0.05, 0) is 32.4 Å². The topological polar surface area (TPSA) is 35.6 Å². The molecule has 1 aromatic carbocycles. The number of hydrogen-bond donors (Lipinski definition) is 1. The zero-order valence-corrected chi connectivity index (χ0v) is 17.4. The summed E-state index contributed by atoms with van der Waals surface area (Å²) in [5.74, 6) is 0.302. The lowest BCUT2D eigenvalue weighted by Gasteiger charge is -2.41. The Morgan fingerprint density at radius 1 is 1.32 bits per heavy atom. The molecule has 0 bridgehead atoms. The van der Waals surface area contributed by atoms with Gasteiger partial charge in [-0.3, -0.25) is 9.69 Å². The molecule has 4 nitrogen and oxygen atoms in total. The number of amides is 1. The summed E-state index contributed by atoms with van der Waals surface area (Å²) in [4.78, 5) is 17.0. The zero-order chi connectivity index (χ0) is 16.8. The Bertz CT molecular complexity index is 501. The second-order valence-corrected chi connectivity index (χ2v) is 6.89. The highest BCUT2D eigenvalue weighted by Crippen LogP contribution is 2.23. The summed E-state index contributed by atoms with van der Waals surface area (Å²) in [6, 6.07) is 11.5. The van der Waals surface area contributed by atoms with Crippen LogP contribution in [0.1, 0.15) is 32.3 Å². The number of hydrogen-bond acceptors (Lipinski definition) is 3. The Morgan fingerprint density at radius 3 is 2.52 bits per heavy atom. The average molecular weight is 390 g/mol. The summed E-state index contributed by atoms with van der Waals surface area (Å²) < 4.78 is 0. The van der Waals surface area contributed by atoms with Crippen molar-refractivity contribution in [1.82, 2.24) is 15.1 Å². The Kier molecular flexibility index (Phi) is 11.4. The summed E-state index contributed by atoms with van der Waals surface area (Å²) in [5, 5.41) is 3.09. The Labute approximate surface area is 165 Å². The molecule has 0 saturated carbocycles. The summed E-state index contributed by atoms with van der Waals surface area (Å²) in [7, 11) is 3.87. The van der Waals surface area contributed by atoms with Gasteiger partial charge >= 0.3 is 0 Å². The van der Waals surface area contributed by atoms with Crippen LogP contribution in [0.3, 0.4) is 0 Å². The van der Waals surface area contributed by atoms with Gasteiger partial charge < -0.3 is 10.2 Å². The first-order chi connectivity index (χ1) is 11.0. The number of carbonyl (C=O) groups excluding carboxylic acids is 1. The predicted molar refractivity (Wildman–Crippen MR) is 110 cm³/mol. The van der Waals surface area contributed by atoms with Crippen LogP contribution in [-0.4, -0.2) is 55.0 Å². The van der Waals surface area contributed by atoms with Gasteiger partial charge in [-0.2, -0.15) is 0 Å². The Balaban J connectivity index is 0.00000288. The van der Waals surface area contributed by atoms with Crippen LogP contribution in [-0.2, 0) is 11.3 Å².